The van der Waals surface area contributed by atoms with E-state index < -0.39 is 0 Å². The molecule has 2 aromatic rings. The van der Waals surface area contributed by atoms with E-state index in [1.165, 1.54) is 6.33 Å². The zero-order chi connectivity index (χ0) is 10.5. The molecule has 0 atom stereocenters. The molecule has 0 fully saturated rings. The molecular formula is C10H11ClN4. The zero-order valence-electron chi connectivity index (χ0n) is 8.10. The highest BCUT2D eigenvalue weighted by molar-refractivity contribution is 6.30. The highest BCUT2D eigenvalue weighted by Gasteiger charge is 1.94. The topological polar surface area (TPSA) is 42.7 Å². The van der Waals surface area contributed by atoms with Gasteiger partial charge in [-0.15, -0.1) is 0 Å². The number of anilines is 1. The Morgan fingerprint density at radius 2 is 2.33 bits per heavy atom. The van der Waals surface area contributed by atoms with E-state index >= 15 is 0 Å². The van der Waals surface area contributed by atoms with Crippen LogP contribution in [-0.4, -0.2) is 21.3 Å². The molecule has 0 saturated carbocycles. The molecule has 78 valence electrons. The summed E-state index contributed by atoms with van der Waals surface area (Å²) in [5.41, 5.74) is 1.02. The summed E-state index contributed by atoms with van der Waals surface area (Å²) in [6, 6.07) is 7.64. The largest absolute Gasteiger partial charge is 0.383 e. The maximum Gasteiger partial charge on any atom is 0.137 e. The average molecular weight is 223 g/mol. The second-order valence-electron chi connectivity index (χ2n) is 3.10. The van der Waals surface area contributed by atoms with Crippen LogP contribution in [0.5, 0.6) is 0 Å². The Bertz CT molecular complexity index is 413. The highest BCUT2D eigenvalue weighted by Crippen LogP contribution is 2.14. The van der Waals surface area contributed by atoms with Gasteiger partial charge in [0.1, 0.15) is 12.7 Å². The number of rotatable bonds is 4. The van der Waals surface area contributed by atoms with E-state index in [0.717, 1.165) is 23.8 Å². The van der Waals surface area contributed by atoms with Crippen LogP contribution >= 0.6 is 11.6 Å². The number of nitrogens with one attached hydrogen (secondary N) is 1. The third-order valence-corrected chi connectivity index (χ3v) is 2.20. The van der Waals surface area contributed by atoms with Gasteiger partial charge in [-0.25, -0.2) is 4.98 Å². The van der Waals surface area contributed by atoms with Gasteiger partial charge in [-0.05, 0) is 18.2 Å². The summed E-state index contributed by atoms with van der Waals surface area (Å²) in [6.07, 6.45) is 3.22. The first-order valence-electron chi connectivity index (χ1n) is 4.66. The lowest BCUT2D eigenvalue weighted by molar-refractivity contribution is 0.636. The Balaban J connectivity index is 1.83. The number of nitrogens with zero attached hydrogens (tertiary/aromatic N) is 3. The Kier molecular flexibility index (Phi) is 3.19. The molecule has 0 saturated heterocycles. The minimum atomic E-state index is 0.737. The molecule has 0 aliphatic carbocycles. The first kappa shape index (κ1) is 9.98. The average Bonchev–Trinajstić information content (AvgIpc) is 2.71. The number of aromatic nitrogens is 3. The van der Waals surface area contributed by atoms with Crippen molar-refractivity contribution in [3.05, 3.63) is 41.9 Å². The molecule has 0 amide bonds. The summed E-state index contributed by atoms with van der Waals surface area (Å²) in [6.45, 7) is 1.58. The molecule has 0 radical (unpaired) electrons. The monoisotopic (exact) mass is 222 g/mol. The van der Waals surface area contributed by atoms with Gasteiger partial charge in [-0.2, -0.15) is 5.10 Å². The number of halogens is 1. The van der Waals surface area contributed by atoms with Crippen LogP contribution < -0.4 is 5.32 Å². The van der Waals surface area contributed by atoms with Gasteiger partial charge in [0.25, 0.3) is 0 Å². The molecular weight excluding hydrogens is 212 g/mol. The molecule has 15 heavy (non-hydrogen) atoms. The van der Waals surface area contributed by atoms with Crippen molar-refractivity contribution in [3.8, 4) is 0 Å². The Labute approximate surface area is 92.9 Å². The molecule has 4 nitrogen and oxygen atoms in total. The van der Waals surface area contributed by atoms with Gasteiger partial charge in [-0.3, -0.25) is 4.68 Å². The maximum absolute atomic E-state index is 5.86. The highest BCUT2D eigenvalue weighted by atomic mass is 35.5. The quantitative estimate of drug-likeness (QED) is 0.861. The van der Waals surface area contributed by atoms with Crippen molar-refractivity contribution in [3.63, 3.8) is 0 Å². The molecule has 1 heterocycles. The van der Waals surface area contributed by atoms with Crippen molar-refractivity contribution >= 4 is 17.3 Å². The maximum atomic E-state index is 5.86. The van der Waals surface area contributed by atoms with Gasteiger partial charge in [0.05, 0.1) is 6.54 Å². The molecule has 0 bridgehead atoms. The molecule has 1 aromatic heterocycles. The van der Waals surface area contributed by atoms with Crippen LogP contribution in [0.2, 0.25) is 5.02 Å². The van der Waals surface area contributed by atoms with E-state index in [2.05, 4.69) is 15.4 Å². The fourth-order valence-electron chi connectivity index (χ4n) is 1.26. The second kappa shape index (κ2) is 4.79. The van der Waals surface area contributed by atoms with E-state index in [4.69, 9.17) is 11.6 Å². The lowest BCUT2D eigenvalue weighted by atomic mass is 10.3. The summed E-state index contributed by atoms with van der Waals surface area (Å²) in [5.74, 6) is 0. The first-order valence-corrected chi connectivity index (χ1v) is 5.04. The summed E-state index contributed by atoms with van der Waals surface area (Å²) >= 11 is 5.86. The molecule has 5 heteroatoms. The van der Waals surface area contributed by atoms with Gasteiger partial charge in [-0.1, -0.05) is 17.7 Å². The van der Waals surface area contributed by atoms with Crippen LogP contribution in [0.1, 0.15) is 0 Å². The van der Waals surface area contributed by atoms with Gasteiger partial charge in [0.15, 0.2) is 0 Å². The van der Waals surface area contributed by atoms with Crippen LogP contribution in [0.15, 0.2) is 36.9 Å². The van der Waals surface area contributed by atoms with Crippen LogP contribution in [0, 0.1) is 0 Å². The number of benzene rings is 1. The summed E-state index contributed by atoms with van der Waals surface area (Å²) in [5, 5.41) is 7.99. The van der Waals surface area contributed by atoms with Crippen molar-refractivity contribution in [2.75, 3.05) is 11.9 Å². The number of hydrogen-bond donors (Lipinski definition) is 1. The zero-order valence-corrected chi connectivity index (χ0v) is 8.85. The SMILES string of the molecule is Clc1cccc(NCCn2cncn2)c1. The standard InChI is InChI=1S/C10H11ClN4/c11-9-2-1-3-10(6-9)13-4-5-15-8-12-7-14-15/h1-3,6-8,13H,4-5H2. The molecule has 2 rings (SSSR count). The van der Waals surface area contributed by atoms with E-state index in [0.29, 0.717) is 0 Å². The summed E-state index contributed by atoms with van der Waals surface area (Å²) in [7, 11) is 0. The minimum Gasteiger partial charge on any atom is -0.383 e. The first-order chi connectivity index (χ1) is 7.34. The normalized spacial score (nSPS) is 10.2. The Morgan fingerprint density at radius 3 is 3.07 bits per heavy atom. The van der Waals surface area contributed by atoms with E-state index in [1.54, 1.807) is 11.0 Å². The predicted octanol–water partition coefficient (Wildman–Crippen LogP) is 2.04. The van der Waals surface area contributed by atoms with Gasteiger partial charge in [0, 0.05) is 17.3 Å². The van der Waals surface area contributed by atoms with Crippen LogP contribution in [0.25, 0.3) is 0 Å². The lowest BCUT2D eigenvalue weighted by Crippen LogP contribution is -2.10. The van der Waals surface area contributed by atoms with Crippen LogP contribution in [0.3, 0.4) is 0 Å². The van der Waals surface area contributed by atoms with Crippen molar-refractivity contribution in [1.82, 2.24) is 14.8 Å². The van der Waals surface area contributed by atoms with Crippen LogP contribution in [0.4, 0.5) is 5.69 Å². The summed E-state index contributed by atoms with van der Waals surface area (Å²) < 4.78 is 1.78. The fourth-order valence-corrected chi connectivity index (χ4v) is 1.45. The smallest absolute Gasteiger partial charge is 0.137 e. The van der Waals surface area contributed by atoms with Crippen molar-refractivity contribution in [1.29, 1.82) is 0 Å². The molecule has 1 aromatic carbocycles. The van der Waals surface area contributed by atoms with Crippen molar-refractivity contribution < 1.29 is 0 Å². The second-order valence-corrected chi connectivity index (χ2v) is 3.53. The minimum absolute atomic E-state index is 0.737. The third kappa shape index (κ3) is 2.95. The van der Waals surface area contributed by atoms with Crippen molar-refractivity contribution in [2.24, 2.45) is 0 Å². The van der Waals surface area contributed by atoms with Crippen molar-refractivity contribution in [2.45, 2.75) is 6.54 Å². The van der Waals surface area contributed by atoms with E-state index in [9.17, 15) is 0 Å². The predicted molar refractivity (Wildman–Crippen MR) is 60.0 cm³/mol. The molecule has 1 N–H and O–H groups in total. The van der Waals surface area contributed by atoms with E-state index in [1.807, 2.05) is 24.3 Å². The Hall–Kier alpha value is -1.55. The molecule has 0 aliphatic rings. The number of hydrogen-bond acceptors (Lipinski definition) is 3. The Morgan fingerprint density at radius 1 is 1.40 bits per heavy atom. The third-order valence-electron chi connectivity index (χ3n) is 1.96. The molecule has 0 unspecified atom stereocenters. The molecule has 0 spiro atoms. The molecule has 0 aliphatic heterocycles. The fraction of sp³-hybridized carbons (Fsp3) is 0.200. The summed E-state index contributed by atoms with van der Waals surface area (Å²) in [4.78, 5) is 3.86. The van der Waals surface area contributed by atoms with Gasteiger partial charge >= 0.3 is 0 Å². The lowest BCUT2D eigenvalue weighted by Gasteiger charge is -2.06. The van der Waals surface area contributed by atoms with Crippen LogP contribution in [-0.2, 0) is 6.54 Å². The van der Waals surface area contributed by atoms with E-state index in [-0.39, 0.29) is 0 Å². The van der Waals surface area contributed by atoms with Gasteiger partial charge < -0.3 is 5.32 Å². The van der Waals surface area contributed by atoms with Gasteiger partial charge in [0.2, 0.25) is 0 Å².